The van der Waals surface area contributed by atoms with Crippen LogP contribution in [0.15, 0.2) is 42.6 Å². The fourth-order valence-corrected chi connectivity index (χ4v) is 2.08. The van der Waals surface area contributed by atoms with Gasteiger partial charge in [-0.05, 0) is 31.2 Å². The molecule has 0 fully saturated rings. The van der Waals surface area contributed by atoms with Crippen molar-refractivity contribution in [3.05, 3.63) is 48.3 Å². The van der Waals surface area contributed by atoms with Gasteiger partial charge in [-0.2, -0.15) is 0 Å². The number of rotatable bonds is 0. The summed E-state index contributed by atoms with van der Waals surface area (Å²) < 4.78 is 2.25. The number of hydrogen-bond donors (Lipinski definition) is 1. The zero-order valence-corrected chi connectivity index (χ0v) is 8.07. The van der Waals surface area contributed by atoms with E-state index in [2.05, 4.69) is 59.4 Å². The average molecular weight is 184 g/mol. The molecule has 3 rings (SSSR count). The molecule has 2 aromatic rings. The quantitative estimate of drug-likeness (QED) is 0.666. The van der Waals surface area contributed by atoms with Gasteiger partial charge in [-0.3, -0.25) is 0 Å². The molecule has 70 valence electrons. The molecular formula is C12H12N2. The Morgan fingerprint density at radius 3 is 2.93 bits per heavy atom. The molecule has 1 aliphatic rings. The van der Waals surface area contributed by atoms with Crippen LogP contribution < -0.4 is 5.32 Å². The van der Waals surface area contributed by atoms with E-state index in [9.17, 15) is 0 Å². The minimum atomic E-state index is 0.389. The maximum absolute atomic E-state index is 3.48. The van der Waals surface area contributed by atoms with Crippen LogP contribution in [0, 0.1) is 0 Å². The lowest BCUT2D eigenvalue weighted by molar-refractivity contribution is 0.774. The summed E-state index contributed by atoms with van der Waals surface area (Å²) in [4.78, 5) is 0. The van der Waals surface area contributed by atoms with Crippen molar-refractivity contribution in [1.29, 1.82) is 0 Å². The van der Waals surface area contributed by atoms with Crippen molar-refractivity contribution >= 4 is 5.69 Å². The fraction of sp³-hybridized carbons (Fsp3) is 0.167. The highest BCUT2D eigenvalue weighted by atomic mass is 15.1. The zero-order valence-electron chi connectivity index (χ0n) is 8.07. The first-order valence-corrected chi connectivity index (χ1v) is 4.89. The summed E-state index contributed by atoms with van der Waals surface area (Å²) in [5, 5.41) is 3.48. The highest BCUT2D eigenvalue weighted by Gasteiger charge is 2.18. The third-order valence-electron chi connectivity index (χ3n) is 2.76. The number of nitrogens with one attached hydrogen (secondary N) is 1. The van der Waals surface area contributed by atoms with Gasteiger partial charge in [0.1, 0.15) is 0 Å². The maximum Gasteiger partial charge on any atom is 0.0686 e. The SMILES string of the molecule is CC1Nc2ccccc2-n2cccc21. The van der Waals surface area contributed by atoms with E-state index in [0.717, 1.165) is 0 Å². The Morgan fingerprint density at radius 2 is 2.00 bits per heavy atom. The summed E-state index contributed by atoms with van der Waals surface area (Å²) in [6, 6.07) is 13.0. The van der Waals surface area contributed by atoms with Crippen LogP contribution in [-0.4, -0.2) is 4.57 Å². The molecule has 2 heterocycles. The Hall–Kier alpha value is -1.70. The van der Waals surface area contributed by atoms with E-state index < -0.39 is 0 Å². The van der Waals surface area contributed by atoms with Crippen LogP contribution in [0.3, 0.4) is 0 Å². The summed E-state index contributed by atoms with van der Waals surface area (Å²) in [7, 11) is 0. The normalized spacial score (nSPS) is 18.2. The van der Waals surface area contributed by atoms with Crippen molar-refractivity contribution in [2.24, 2.45) is 0 Å². The molecule has 0 aliphatic carbocycles. The van der Waals surface area contributed by atoms with Crippen molar-refractivity contribution in [2.75, 3.05) is 5.32 Å². The molecule has 0 saturated carbocycles. The Morgan fingerprint density at radius 1 is 1.14 bits per heavy atom. The minimum Gasteiger partial charge on any atom is -0.375 e. The highest BCUT2D eigenvalue weighted by molar-refractivity contribution is 5.65. The molecular weight excluding hydrogens is 172 g/mol. The summed E-state index contributed by atoms with van der Waals surface area (Å²) in [5.74, 6) is 0. The van der Waals surface area contributed by atoms with E-state index in [-0.39, 0.29) is 0 Å². The molecule has 0 bridgehead atoms. The number of aromatic nitrogens is 1. The summed E-state index contributed by atoms with van der Waals surface area (Å²) >= 11 is 0. The molecule has 1 aromatic carbocycles. The second-order valence-electron chi connectivity index (χ2n) is 3.69. The molecule has 1 N–H and O–H groups in total. The lowest BCUT2D eigenvalue weighted by Gasteiger charge is -2.26. The van der Waals surface area contributed by atoms with Gasteiger partial charge >= 0.3 is 0 Å². The zero-order chi connectivity index (χ0) is 9.54. The van der Waals surface area contributed by atoms with Gasteiger partial charge in [-0.1, -0.05) is 12.1 Å². The van der Waals surface area contributed by atoms with Crippen LogP contribution in [0.1, 0.15) is 18.7 Å². The second kappa shape index (κ2) is 2.64. The first-order valence-electron chi connectivity index (χ1n) is 4.89. The van der Waals surface area contributed by atoms with Crippen molar-refractivity contribution in [3.8, 4) is 5.69 Å². The molecule has 2 nitrogen and oxygen atoms in total. The number of benzene rings is 1. The van der Waals surface area contributed by atoms with E-state index in [1.165, 1.54) is 17.1 Å². The van der Waals surface area contributed by atoms with Crippen LogP contribution >= 0.6 is 0 Å². The Balaban J connectivity index is 2.29. The molecule has 0 radical (unpaired) electrons. The second-order valence-corrected chi connectivity index (χ2v) is 3.69. The molecule has 0 saturated heterocycles. The van der Waals surface area contributed by atoms with Gasteiger partial charge in [0.05, 0.1) is 17.4 Å². The first kappa shape index (κ1) is 7.68. The molecule has 0 amide bonds. The minimum absolute atomic E-state index is 0.389. The predicted octanol–water partition coefficient (Wildman–Crippen LogP) is 2.96. The molecule has 0 spiro atoms. The Kier molecular flexibility index (Phi) is 1.45. The molecule has 1 aliphatic heterocycles. The van der Waals surface area contributed by atoms with Crippen LogP contribution in [0.4, 0.5) is 5.69 Å². The average Bonchev–Trinajstić information content (AvgIpc) is 2.67. The molecule has 1 atom stereocenters. The number of fused-ring (bicyclic) bond motifs is 3. The third-order valence-corrected chi connectivity index (χ3v) is 2.76. The van der Waals surface area contributed by atoms with E-state index >= 15 is 0 Å². The lowest BCUT2D eigenvalue weighted by atomic mass is 10.1. The summed E-state index contributed by atoms with van der Waals surface area (Å²) in [5.41, 5.74) is 3.78. The van der Waals surface area contributed by atoms with Gasteiger partial charge < -0.3 is 9.88 Å². The maximum atomic E-state index is 3.48. The molecule has 2 heteroatoms. The van der Waals surface area contributed by atoms with Gasteiger partial charge in [0.15, 0.2) is 0 Å². The van der Waals surface area contributed by atoms with Crippen molar-refractivity contribution in [3.63, 3.8) is 0 Å². The van der Waals surface area contributed by atoms with Crippen molar-refractivity contribution in [2.45, 2.75) is 13.0 Å². The van der Waals surface area contributed by atoms with Gasteiger partial charge in [0.2, 0.25) is 0 Å². The van der Waals surface area contributed by atoms with Gasteiger partial charge in [-0.25, -0.2) is 0 Å². The third kappa shape index (κ3) is 0.909. The molecule has 14 heavy (non-hydrogen) atoms. The number of anilines is 1. The van der Waals surface area contributed by atoms with E-state index in [1.54, 1.807) is 0 Å². The first-order chi connectivity index (χ1) is 6.86. The van der Waals surface area contributed by atoms with Gasteiger partial charge in [0.25, 0.3) is 0 Å². The topological polar surface area (TPSA) is 17.0 Å². The lowest BCUT2D eigenvalue weighted by Crippen LogP contribution is -2.18. The predicted molar refractivity (Wildman–Crippen MR) is 57.8 cm³/mol. The Labute approximate surface area is 83.2 Å². The Bertz CT molecular complexity index is 471. The standard InChI is InChI=1S/C12H12N2/c1-9-11-7-4-8-14(11)12-6-3-2-5-10(12)13-9/h2-9,13H,1H3. The van der Waals surface area contributed by atoms with E-state index in [0.29, 0.717) is 6.04 Å². The van der Waals surface area contributed by atoms with Crippen molar-refractivity contribution in [1.82, 2.24) is 4.57 Å². The van der Waals surface area contributed by atoms with Crippen LogP contribution in [0.5, 0.6) is 0 Å². The monoisotopic (exact) mass is 184 g/mol. The van der Waals surface area contributed by atoms with Gasteiger partial charge in [0, 0.05) is 11.9 Å². The summed E-state index contributed by atoms with van der Waals surface area (Å²) in [6.45, 7) is 2.18. The number of para-hydroxylation sites is 2. The van der Waals surface area contributed by atoms with E-state index in [1.807, 2.05) is 0 Å². The van der Waals surface area contributed by atoms with E-state index in [4.69, 9.17) is 0 Å². The highest BCUT2D eigenvalue weighted by Crippen LogP contribution is 2.32. The largest absolute Gasteiger partial charge is 0.375 e. The summed E-state index contributed by atoms with van der Waals surface area (Å²) in [6.07, 6.45) is 2.12. The van der Waals surface area contributed by atoms with Gasteiger partial charge in [-0.15, -0.1) is 0 Å². The number of nitrogens with zero attached hydrogens (tertiary/aromatic N) is 1. The van der Waals surface area contributed by atoms with Crippen LogP contribution in [0.25, 0.3) is 5.69 Å². The number of hydrogen-bond acceptors (Lipinski definition) is 1. The smallest absolute Gasteiger partial charge is 0.0686 e. The van der Waals surface area contributed by atoms with Crippen LogP contribution in [-0.2, 0) is 0 Å². The van der Waals surface area contributed by atoms with Crippen molar-refractivity contribution < 1.29 is 0 Å². The van der Waals surface area contributed by atoms with Crippen LogP contribution in [0.2, 0.25) is 0 Å². The fourth-order valence-electron chi connectivity index (χ4n) is 2.08. The molecule has 1 aromatic heterocycles. The molecule has 1 unspecified atom stereocenters.